The Morgan fingerprint density at radius 2 is 1.46 bits per heavy atom. The van der Waals surface area contributed by atoms with Crippen LogP contribution in [0.2, 0.25) is 0 Å². The zero-order valence-electron chi connectivity index (χ0n) is 27.0. The van der Waals surface area contributed by atoms with E-state index < -0.39 is 42.1 Å². The van der Waals surface area contributed by atoms with E-state index in [1.807, 2.05) is 74.5 Å². The lowest BCUT2D eigenvalue weighted by Gasteiger charge is -2.27. The molecule has 2 aromatic carbocycles. The number of hydrogen-bond acceptors (Lipinski definition) is 6. The molecule has 0 radical (unpaired) electrons. The van der Waals surface area contributed by atoms with Crippen molar-refractivity contribution >= 4 is 29.7 Å². The van der Waals surface area contributed by atoms with Crippen LogP contribution in [0.25, 0.3) is 0 Å². The minimum atomic E-state index is -1.13. The zero-order chi connectivity index (χ0) is 33.9. The SMILES string of the molecule is CC(C)C[C@H](NC(=O)[C@H](C)NC(=O)[C@H](CCCN=C(N)N)NC(=O)NCc1ccccc1)[C@@H](O)CC(=O)NCCc1ccccc1. The van der Waals surface area contributed by atoms with Crippen molar-refractivity contribution in [2.45, 2.75) is 83.6 Å². The van der Waals surface area contributed by atoms with Gasteiger partial charge >= 0.3 is 6.03 Å². The molecule has 13 nitrogen and oxygen atoms in total. The number of benzene rings is 2. The molecule has 0 aliphatic rings. The molecule has 0 unspecified atom stereocenters. The van der Waals surface area contributed by atoms with E-state index in [-0.39, 0.29) is 43.7 Å². The molecule has 46 heavy (non-hydrogen) atoms. The van der Waals surface area contributed by atoms with Crippen molar-refractivity contribution in [3.63, 3.8) is 0 Å². The van der Waals surface area contributed by atoms with Crippen LogP contribution in [0.4, 0.5) is 4.79 Å². The number of aliphatic imine (C=N–C) groups is 1. The summed E-state index contributed by atoms with van der Waals surface area (Å²) in [6.07, 6.45) is 0.360. The summed E-state index contributed by atoms with van der Waals surface area (Å²) in [5.74, 6) is -1.40. The molecule has 4 atom stereocenters. The summed E-state index contributed by atoms with van der Waals surface area (Å²) >= 11 is 0. The van der Waals surface area contributed by atoms with Crippen LogP contribution in [0, 0.1) is 5.92 Å². The average Bonchev–Trinajstić information content (AvgIpc) is 3.01. The largest absolute Gasteiger partial charge is 0.390 e. The summed E-state index contributed by atoms with van der Waals surface area (Å²) in [5, 5.41) is 24.5. The number of nitrogens with one attached hydrogen (secondary N) is 5. The fraction of sp³-hybridized carbons (Fsp3) is 0.485. The Morgan fingerprint density at radius 1 is 0.826 bits per heavy atom. The number of carbonyl (C=O) groups is 4. The average molecular weight is 639 g/mol. The van der Waals surface area contributed by atoms with Crippen molar-refractivity contribution < 1.29 is 24.3 Å². The number of hydrogen-bond donors (Lipinski definition) is 8. The van der Waals surface area contributed by atoms with Crippen molar-refractivity contribution in [3.05, 3.63) is 71.8 Å². The van der Waals surface area contributed by atoms with Gasteiger partial charge in [0.1, 0.15) is 12.1 Å². The maximum absolute atomic E-state index is 13.2. The predicted octanol–water partition coefficient (Wildman–Crippen LogP) is 1.05. The predicted molar refractivity (Wildman–Crippen MR) is 178 cm³/mol. The van der Waals surface area contributed by atoms with Crippen LogP contribution < -0.4 is 38.1 Å². The topological polar surface area (TPSA) is 213 Å². The molecule has 5 amide bonds. The molecule has 0 bridgehead atoms. The molecule has 0 aliphatic carbocycles. The lowest BCUT2D eigenvalue weighted by atomic mass is 9.96. The smallest absolute Gasteiger partial charge is 0.315 e. The molecular formula is C33H50N8O5. The summed E-state index contributed by atoms with van der Waals surface area (Å²) < 4.78 is 0. The number of nitrogens with zero attached hydrogens (tertiary/aromatic N) is 1. The Kier molecular flexibility index (Phi) is 16.6. The lowest BCUT2D eigenvalue weighted by Crippen LogP contribution is -2.56. The number of amides is 5. The summed E-state index contributed by atoms with van der Waals surface area (Å²) in [5.41, 5.74) is 12.8. The van der Waals surface area contributed by atoms with Gasteiger partial charge in [0.05, 0.1) is 18.6 Å². The second-order valence-corrected chi connectivity index (χ2v) is 11.6. The third kappa shape index (κ3) is 15.4. The van der Waals surface area contributed by atoms with Crippen molar-refractivity contribution in [1.82, 2.24) is 26.6 Å². The Labute approximate surface area is 271 Å². The second kappa shape index (κ2) is 20.4. The monoisotopic (exact) mass is 638 g/mol. The van der Waals surface area contributed by atoms with Crippen LogP contribution in [0.1, 0.15) is 57.6 Å². The first kappa shape index (κ1) is 37.5. The molecule has 252 valence electrons. The number of rotatable bonds is 19. The van der Waals surface area contributed by atoms with Gasteiger partial charge in [0.25, 0.3) is 0 Å². The Morgan fingerprint density at radius 3 is 2.07 bits per heavy atom. The van der Waals surface area contributed by atoms with Gasteiger partial charge in [0.15, 0.2) is 5.96 Å². The van der Waals surface area contributed by atoms with Gasteiger partial charge in [-0.25, -0.2) is 4.79 Å². The lowest BCUT2D eigenvalue weighted by molar-refractivity contribution is -0.131. The van der Waals surface area contributed by atoms with Crippen LogP contribution in [-0.4, -0.2) is 72.1 Å². The third-order valence-corrected chi connectivity index (χ3v) is 7.11. The highest BCUT2D eigenvalue weighted by molar-refractivity contribution is 5.91. The fourth-order valence-electron chi connectivity index (χ4n) is 4.66. The number of carbonyl (C=O) groups excluding carboxylic acids is 4. The van der Waals surface area contributed by atoms with Gasteiger partial charge in [-0.15, -0.1) is 0 Å². The van der Waals surface area contributed by atoms with E-state index in [9.17, 15) is 24.3 Å². The third-order valence-electron chi connectivity index (χ3n) is 7.11. The molecule has 2 rings (SSSR count). The molecule has 0 aromatic heterocycles. The number of nitrogens with two attached hydrogens (primary N) is 2. The number of aliphatic hydroxyl groups is 1. The van der Waals surface area contributed by atoms with Gasteiger partial charge < -0.3 is 43.2 Å². The fourth-order valence-corrected chi connectivity index (χ4v) is 4.66. The van der Waals surface area contributed by atoms with Crippen molar-refractivity contribution in [2.24, 2.45) is 22.4 Å². The maximum atomic E-state index is 13.2. The molecule has 0 heterocycles. The first-order valence-electron chi connectivity index (χ1n) is 15.7. The van der Waals surface area contributed by atoms with Gasteiger partial charge in [0, 0.05) is 19.6 Å². The summed E-state index contributed by atoms with van der Waals surface area (Å²) in [6, 6.07) is 15.8. The van der Waals surface area contributed by atoms with E-state index in [0.29, 0.717) is 25.8 Å². The van der Waals surface area contributed by atoms with E-state index in [1.165, 1.54) is 6.92 Å². The van der Waals surface area contributed by atoms with Crippen molar-refractivity contribution in [2.75, 3.05) is 13.1 Å². The highest BCUT2D eigenvalue weighted by atomic mass is 16.3. The normalized spacial score (nSPS) is 13.4. The molecule has 10 N–H and O–H groups in total. The van der Waals surface area contributed by atoms with Gasteiger partial charge in [-0.05, 0) is 49.7 Å². The minimum Gasteiger partial charge on any atom is -0.390 e. The van der Waals surface area contributed by atoms with Gasteiger partial charge in [-0.3, -0.25) is 19.4 Å². The second-order valence-electron chi connectivity index (χ2n) is 11.6. The maximum Gasteiger partial charge on any atom is 0.315 e. The van der Waals surface area contributed by atoms with Crippen LogP contribution >= 0.6 is 0 Å². The van der Waals surface area contributed by atoms with E-state index in [4.69, 9.17) is 11.5 Å². The molecule has 2 aromatic rings. The van der Waals surface area contributed by atoms with Crippen molar-refractivity contribution in [1.29, 1.82) is 0 Å². The van der Waals surface area contributed by atoms with Crippen LogP contribution in [0.15, 0.2) is 65.7 Å². The van der Waals surface area contributed by atoms with E-state index in [1.54, 1.807) is 0 Å². The number of aliphatic hydroxyl groups excluding tert-OH is 1. The molecular weight excluding hydrogens is 588 g/mol. The van der Waals surface area contributed by atoms with Crippen LogP contribution in [0.5, 0.6) is 0 Å². The molecule has 0 fully saturated rings. The quantitative estimate of drug-likeness (QED) is 0.0636. The first-order chi connectivity index (χ1) is 21.9. The molecule has 0 aliphatic heterocycles. The van der Waals surface area contributed by atoms with E-state index >= 15 is 0 Å². The Hall–Kier alpha value is -4.65. The molecule has 0 spiro atoms. The van der Waals surface area contributed by atoms with Gasteiger partial charge in [-0.2, -0.15) is 0 Å². The Balaban J connectivity index is 1.95. The highest BCUT2D eigenvalue weighted by Gasteiger charge is 2.29. The van der Waals surface area contributed by atoms with Crippen molar-refractivity contribution in [3.8, 4) is 0 Å². The highest BCUT2D eigenvalue weighted by Crippen LogP contribution is 2.12. The number of guanidine groups is 1. The van der Waals surface area contributed by atoms with Gasteiger partial charge in [0.2, 0.25) is 17.7 Å². The van der Waals surface area contributed by atoms with Crippen LogP contribution in [-0.2, 0) is 27.3 Å². The first-order valence-corrected chi connectivity index (χ1v) is 15.7. The van der Waals surface area contributed by atoms with E-state index in [0.717, 1.165) is 11.1 Å². The molecule has 0 saturated heterocycles. The summed E-state index contributed by atoms with van der Waals surface area (Å²) in [6.45, 7) is 6.33. The zero-order valence-corrected chi connectivity index (χ0v) is 27.0. The summed E-state index contributed by atoms with van der Waals surface area (Å²) in [7, 11) is 0. The molecule has 13 heteroatoms. The van der Waals surface area contributed by atoms with E-state index in [2.05, 4.69) is 31.6 Å². The van der Waals surface area contributed by atoms with Gasteiger partial charge in [-0.1, -0.05) is 74.5 Å². The standard InChI is InChI=1S/C33H50N8O5/c1-22(2)19-27(28(42)20-29(43)36-18-16-24-11-6-4-7-12-24)40-30(44)23(3)39-31(45)26(15-10-17-37-32(34)35)41-33(46)38-21-25-13-8-5-9-14-25/h4-9,11-14,22-23,26-28,42H,10,15-21H2,1-3H3,(H,36,43)(H,39,45)(H,40,44)(H4,34,35,37)(H2,38,41,46)/t23-,26-,27-,28-/m0/s1. The molecule has 0 saturated carbocycles. The summed E-state index contributed by atoms with van der Waals surface area (Å²) in [4.78, 5) is 55.5. The minimum absolute atomic E-state index is 0.0809. The number of urea groups is 1. The van der Waals surface area contributed by atoms with Crippen LogP contribution in [0.3, 0.4) is 0 Å². The Bertz CT molecular complexity index is 1260.